The van der Waals surface area contributed by atoms with E-state index in [-0.39, 0.29) is 11.5 Å². The summed E-state index contributed by atoms with van der Waals surface area (Å²) in [5, 5.41) is 14.9. The Bertz CT molecular complexity index is 764. The molecule has 126 valence electrons. The van der Waals surface area contributed by atoms with Crippen molar-refractivity contribution >= 4 is 17.7 Å². The van der Waals surface area contributed by atoms with Crippen molar-refractivity contribution in [1.82, 2.24) is 4.98 Å². The maximum Gasteiger partial charge on any atom is 0.313 e. The number of rotatable bonds is 7. The Morgan fingerprint density at radius 2 is 1.83 bits per heavy atom. The fraction of sp³-hybridized carbons (Fsp3) is 0.200. The molecule has 0 spiro atoms. The second kappa shape index (κ2) is 7.77. The van der Waals surface area contributed by atoms with Gasteiger partial charge in [-0.15, -0.1) is 0 Å². The molecule has 0 fully saturated rings. The Labute approximate surface area is 138 Å². The topological polar surface area (TPSA) is 108 Å². The van der Waals surface area contributed by atoms with E-state index in [1.807, 2.05) is 0 Å². The van der Waals surface area contributed by atoms with E-state index in [2.05, 4.69) is 15.5 Å². The number of nitrogens with zero attached hydrogens (tertiary/aromatic N) is 3. The lowest BCUT2D eigenvalue weighted by atomic mass is 10.2. The summed E-state index contributed by atoms with van der Waals surface area (Å²) in [6, 6.07) is 6.14. The third kappa shape index (κ3) is 3.69. The normalized spacial score (nSPS) is 10.5. The smallest absolute Gasteiger partial charge is 0.313 e. The summed E-state index contributed by atoms with van der Waals surface area (Å²) < 4.78 is 15.7. The van der Waals surface area contributed by atoms with E-state index < -0.39 is 4.92 Å². The number of benzene rings is 1. The molecule has 2 aromatic rings. The van der Waals surface area contributed by atoms with Gasteiger partial charge in [0.05, 0.1) is 32.5 Å². The molecule has 9 heteroatoms. The van der Waals surface area contributed by atoms with Gasteiger partial charge >= 0.3 is 5.69 Å². The number of hydrogen-bond acceptors (Lipinski definition) is 8. The van der Waals surface area contributed by atoms with Gasteiger partial charge in [0, 0.05) is 23.9 Å². The molecule has 2 rings (SSSR count). The van der Waals surface area contributed by atoms with Crippen molar-refractivity contribution in [2.24, 2.45) is 5.10 Å². The highest BCUT2D eigenvalue weighted by Gasteiger charge is 2.13. The molecule has 9 nitrogen and oxygen atoms in total. The highest BCUT2D eigenvalue weighted by Crippen LogP contribution is 2.33. The minimum Gasteiger partial charge on any atom is -0.496 e. The van der Waals surface area contributed by atoms with Crippen molar-refractivity contribution in [2.75, 3.05) is 26.8 Å². The Balaban J connectivity index is 2.28. The van der Waals surface area contributed by atoms with Crippen molar-refractivity contribution in [3.05, 3.63) is 46.1 Å². The SMILES string of the molecule is COc1cc(OC)c(OC)cc1/C=N\Nc1ncccc1[N+](=O)[O-]. The van der Waals surface area contributed by atoms with Crippen LogP contribution in [0.1, 0.15) is 5.56 Å². The zero-order chi connectivity index (χ0) is 17.5. The molecule has 0 amide bonds. The summed E-state index contributed by atoms with van der Waals surface area (Å²) in [6.07, 6.45) is 2.88. The highest BCUT2D eigenvalue weighted by molar-refractivity contribution is 5.85. The molecule has 1 N–H and O–H groups in total. The first-order valence-corrected chi connectivity index (χ1v) is 6.79. The van der Waals surface area contributed by atoms with Crippen LogP contribution in [-0.4, -0.2) is 37.5 Å². The summed E-state index contributed by atoms with van der Waals surface area (Å²) in [5.41, 5.74) is 2.98. The van der Waals surface area contributed by atoms with Crippen LogP contribution in [0.3, 0.4) is 0 Å². The summed E-state index contributed by atoms with van der Waals surface area (Å²) in [6.45, 7) is 0. The fourth-order valence-corrected chi connectivity index (χ4v) is 1.95. The van der Waals surface area contributed by atoms with Crippen molar-refractivity contribution in [3.8, 4) is 17.2 Å². The summed E-state index contributed by atoms with van der Waals surface area (Å²) in [7, 11) is 4.54. The van der Waals surface area contributed by atoms with Crippen LogP contribution in [0.5, 0.6) is 17.2 Å². The molecule has 0 atom stereocenters. The molecule has 1 aromatic carbocycles. The predicted octanol–water partition coefficient (Wildman–Crippen LogP) is 2.46. The van der Waals surface area contributed by atoms with Crippen LogP contribution in [0, 0.1) is 10.1 Å². The first-order chi connectivity index (χ1) is 11.6. The number of nitro groups is 1. The van der Waals surface area contributed by atoms with Gasteiger partial charge in [-0.25, -0.2) is 4.98 Å². The highest BCUT2D eigenvalue weighted by atomic mass is 16.6. The second-order valence-corrected chi connectivity index (χ2v) is 4.45. The van der Waals surface area contributed by atoms with Gasteiger partial charge < -0.3 is 14.2 Å². The minimum atomic E-state index is -0.540. The van der Waals surface area contributed by atoms with Gasteiger partial charge in [-0.1, -0.05) is 0 Å². The zero-order valence-corrected chi connectivity index (χ0v) is 13.3. The molecule has 0 aliphatic rings. The lowest BCUT2D eigenvalue weighted by Gasteiger charge is -2.11. The Hall–Kier alpha value is -3.36. The Morgan fingerprint density at radius 1 is 1.17 bits per heavy atom. The van der Waals surface area contributed by atoms with Crippen LogP contribution in [0.4, 0.5) is 11.5 Å². The maximum atomic E-state index is 10.9. The van der Waals surface area contributed by atoms with E-state index in [4.69, 9.17) is 14.2 Å². The van der Waals surface area contributed by atoms with E-state index in [1.54, 1.807) is 12.1 Å². The summed E-state index contributed by atoms with van der Waals surface area (Å²) >= 11 is 0. The lowest BCUT2D eigenvalue weighted by molar-refractivity contribution is -0.384. The number of pyridine rings is 1. The average molecular weight is 332 g/mol. The molecule has 24 heavy (non-hydrogen) atoms. The maximum absolute atomic E-state index is 10.9. The van der Waals surface area contributed by atoms with Crippen molar-refractivity contribution < 1.29 is 19.1 Å². The van der Waals surface area contributed by atoms with Crippen LogP contribution in [0.25, 0.3) is 0 Å². The number of aromatic nitrogens is 1. The number of ether oxygens (including phenoxy) is 3. The van der Waals surface area contributed by atoms with Gasteiger partial charge in [0.25, 0.3) is 0 Å². The standard InChI is InChI=1S/C15H16N4O5/c1-22-12-8-14(24-3)13(23-2)7-10(12)9-17-18-15-11(19(20)21)5-4-6-16-15/h4-9H,1-3H3,(H,16,18)/b17-9-. The van der Waals surface area contributed by atoms with E-state index in [0.29, 0.717) is 22.8 Å². The molecular formula is C15H16N4O5. The number of methoxy groups -OCH3 is 3. The molecule has 0 saturated heterocycles. The van der Waals surface area contributed by atoms with Crippen molar-refractivity contribution in [1.29, 1.82) is 0 Å². The second-order valence-electron chi connectivity index (χ2n) is 4.45. The quantitative estimate of drug-likeness (QED) is 0.471. The van der Waals surface area contributed by atoms with Crippen LogP contribution in [0.2, 0.25) is 0 Å². The molecule has 0 saturated carbocycles. The average Bonchev–Trinajstić information content (AvgIpc) is 2.61. The predicted molar refractivity (Wildman–Crippen MR) is 88.2 cm³/mol. The molecule has 0 aliphatic carbocycles. The Kier molecular flexibility index (Phi) is 5.50. The molecule has 1 heterocycles. The van der Waals surface area contributed by atoms with Crippen LogP contribution >= 0.6 is 0 Å². The van der Waals surface area contributed by atoms with Gasteiger partial charge in [-0.2, -0.15) is 5.10 Å². The Morgan fingerprint density at radius 3 is 2.46 bits per heavy atom. The fourth-order valence-electron chi connectivity index (χ4n) is 1.95. The zero-order valence-electron chi connectivity index (χ0n) is 13.3. The molecule has 0 aliphatic heterocycles. The van der Waals surface area contributed by atoms with E-state index in [1.165, 1.54) is 45.9 Å². The number of hydrazone groups is 1. The molecular weight excluding hydrogens is 316 g/mol. The largest absolute Gasteiger partial charge is 0.496 e. The molecule has 0 unspecified atom stereocenters. The van der Waals surface area contributed by atoms with Gasteiger partial charge in [0.1, 0.15) is 5.75 Å². The van der Waals surface area contributed by atoms with Crippen LogP contribution in [-0.2, 0) is 0 Å². The van der Waals surface area contributed by atoms with E-state index >= 15 is 0 Å². The van der Waals surface area contributed by atoms with Gasteiger partial charge in [0.15, 0.2) is 11.5 Å². The van der Waals surface area contributed by atoms with E-state index in [9.17, 15) is 10.1 Å². The third-order valence-corrected chi connectivity index (χ3v) is 3.09. The van der Waals surface area contributed by atoms with Crippen LogP contribution in [0.15, 0.2) is 35.6 Å². The third-order valence-electron chi connectivity index (χ3n) is 3.09. The van der Waals surface area contributed by atoms with Crippen LogP contribution < -0.4 is 19.6 Å². The van der Waals surface area contributed by atoms with E-state index in [0.717, 1.165) is 0 Å². The monoisotopic (exact) mass is 332 g/mol. The molecule has 1 aromatic heterocycles. The summed E-state index contributed by atoms with van der Waals surface area (Å²) in [4.78, 5) is 14.3. The van der Waals surface area contributed by atoms with Gasteiger partial charge in [-0.05, 0) is 12.1 Å². The first kappa shape index (κ1) is 17.0. The van der Waals surface area contributed by atoms with Gasteiger partial charge in [0.2, 0.25) is 5.82 Å². The number of hydrogen-bond donors (Lipinski definition) is 1. The van der Waals surface area contributed by atoms with Crippen molar-refractivity contribution in [3.63, 3.8) is 0 Å². The number of nitrogens with one attached hydrogen (secondary N) is 1. The van der Waals surface area contributed by atoms with Crippen molar-refractivity contribution in [2.45, 2.75) is 0 Å². The minimum absolute atomic E-state index is 0.0400. The molecule has 0 bridgehead atoms. The first-order valence-electron chi connectivity index (χ1n) is 6.79. The summed E-state index contributed by atoms with van der Waals surface area (Å²) in [5.74, 6) is 1.57. The number of anilines is 1. The van der Waals surface area contributed by atoms with Gasteiger partial charge in [-0.3, -0.25) is 15.5 Å². The lowest BCUT2D eigenvalue weighted by Crippen LogP contribution is -2.00. The molecule has 0 radical (unpaired) electrons.